The molecule has 3 rings (SSSR count). The number of nitrogens with zero attached hydrogens (tertiary/aromatic N) is 2. The number of aromatic nitrogens is 1. The Hall–Kier alpha value is -2.28. The maximum absolute atomic E-state index is 12.7. The molecule has 1 aromatic heterocycles. The number of carbonyl (C=O) groups is 1. The van der Waals surface area contributed by atoms with Crippen molar-refractivity contribution < 1.29 is 18.3 Å². The van der Waals surface area contributed by atoms with Gasteiger partial charge in [-0.15, -0.1) is 0 Å². The summed E-state index contributed by atoms with van der Waals surface area (Å²) in [6.07, 6.45) is 3.15. The van der Waals surface area contributed by atoms with Gasteiger partial charge in [0, 0.05) is 19.4 Å². The third-order valence-corrected chi connectivity index (χ3v) is 5.38. The molecule has 2 heterocycles. The number of rotatable bonds is 3. The van der Waals surface area contributed by atoms with Gasteiger partial charge in [-0.05, 0) is 17.7 Å². The van der Waals surface area contributed by atoms with Gasteiger partial charge < -0.3 is 9.67 Å². The van der Waals surface area contributed by atoms with Crippen molar-refractivity contribution in [3.05, 3.63) is 48.3 Å². The average molecular weight is 306 g/mol. The van der Waals surface area contributed by atoms with Gasteiger partial charge in [0.05, 0.1) is 12.2 Å². The predicted octanol–water partition coefficient (Wildman–Crippen LogP) is 1.40. The van der Waals surface area contributed by atoms with Crippen molar-refractivity contribution in [2.45, 2.75) is 10.8 Å². The fourth-order valence-corrected chi connectivity index (χ4v) is 4.13. The van der Waals surface area contributed by atoms with Crippen LogP contribution in [0.5, 0.6) is 0 Å². The minimum Gasteiger partial charge on any atom is -0.481 e. The quantitative estimate of drug-likeness (QED) is 0.929. The Balaban J connectivity index is 2.10. The molecule has 0 aliphatic carbocycles. The number of aliphatic carboxylic acids is 1. The van der Waals surface area contributed by atoms with Gasteiger partial charge in [0.25, 0.3) is 10.0 Å². The van der Waals surface area contributed by atoms with E-state index in [-0.39, 0.29) is 11.4 Å². The van der Waals surface area contributed by atoms with E-state index in [1.165, 1.54) is 16.6 Å². The first-order valence-electron chi connectivity index (χ1n) is 6.37. The average Bonchev–Trinajstić information content (AvgIpc) is 3.02. The molecule has 1 aromatic carbocycles. The third-order valence-electron chi connectivity index (χ3n) is 3.62. The number of fused-ring (bicyclic) bond motifs is 1. The van der Waals surface area contributed by atoms with E-state index in [1.807, 2.05) is 0 Å². The number of hydrogen-bond acceptors (Lipinski definition) is 3. The van der Waals surface area contributed by atoms with E-state index in [0.29, 0.717) is 11.3 Å². The van der Waals surface area contributed by atoms with Crippen molar-refractivity contribution in [1.29, 1.82) is 0 Å². The normalized spacial score (nSPS) is 17.8. The summed E-state index contributed by atoms with van der Waals surface area (Å²) in [6, 6.07) is 8.23. The summed E-state index contributed by atoms with van der Waals surface area (Å²) in [7, 11) is -2.02. The molecule has 0 saturated heterocycles. The van der Waals surface area contributed by atoms with Gasteiger partial charge in [-0.2, -0.15) is 0 Å². The number of carboxylic acid groups (broad SMARTS) is 1. The number of sulfonamides is 1. The zero-order valence-corrected chi connectivity index (χ0v) is 12.1. The number of anilines is 1. The highest BCUT2D eigenvalue weighted by atomic mass is 32.2. The lowest BCUT2D eigenvalue weighted by Crippen LogP contribution is -2.31. The van der Waals surface area contributed by atoms with Gasteiger partial charge >= 0.3 is 5.97 Å². The van der Waals surface area contributed by atoms with Crippen LogP contribution in [0.4, 0.5) is 5.69 Å². The Labute approximate surface area is 122 Å². The molecular weight excluding hydrogens is 292 g/mol. The molecule has 7 heteroatoms. The highest BCUT2D eigenvalue weighted by Crippen LogP contribution is 2.39. The zero-order chi connectivity index (χ0) is 15.2. The lowest BCUT2D eigenvalue weighted by molar-refractivity contribution is -0.138. The second kappa shape index (κ2) is 4.63. The second-order valence-corrected chi connectivity index (χ2v) is 6.86. The van der Waals surface area contributed by atoms with Gasteiger partial charge in [-0.3, -0.25) is 9.10 Å². The minimum absolute atomic E-state index is 0.0775. The first-order chi connectivity index (χ1) is 9.91. The van der Waals surface area contributed by atoms with Crippen molar-refractivity contribution in [3.8, 4) is 0 Å². The van der Waals surface area contributed by atoms with Crippen LogP contribution < -0.4 is 4.31 Å². The summed E-state index contributed by atoms with van der Waals surface area (Å²) in [5, 5.41) is 9.29. The summed E-state index contributed by atoms with van der Waals surface area (Å²) < 4.78 is 28.2. The first kappa shape index (κ1) is 13.7. The zero-order valence-electron chi connectivity index (χ0n) is 11.3. The van der Waals surface area contributed by atoms with Crippen LogP contribution in [0.1, 0.15) is 11.5 Å². The summed E-state index contributed by atoms with van der Waals surface area (Å²) in [5.74, 6) is -1.85. The molecule has 21 heavy (non-hydrogen) atoms. The smallest absolute Gasteiger partial charge is 0.312 e. The van der Waals surface area contributed by atoms with Gasteiger partial charge in [0.2, 0.25) is 0 Å². The minimum atomic E-state index is -3.75. The van der Waals surface area contributed by atoms with Crippen molar-refractivity contribution in [1.82, 2.24) is 4.57 Å². The lowest BCUT2D eigenvalue weighted by Gasteiger charge is -2.18. The Morgan fingerprint density at radius 3 is 2.62 bits per heavy atom. The lowest BCUT2D eigenvalue weighted by atomic mass is 10.0. The van der Waals surface area contributed by atoms with E-state index < -0.39 is 21.9 Å². The molecule has 0 bridgehead atoms. The predicted molar refractivity (Wildman–Crippen MR) is 76.8 cm³/mol. The highest BCUT2D eigenvalue weighted by molar-refractivity contribution is 7.92. The molecule has 1 aliphatic heterocycles. The highest BCUT2D eigenvalue weighted by Gasteiger charge is 2.39. The van der Waals surface area contributed by atoms with Gasteiger partial charge in [-0.25, -0.2) is 8.42 Å². The standard InChI is InChI=1S/C14H14N2O4S/c1-15-7-6-10(8-15)21(19,20)16-9-12(14(17)18)11-4-2-3-5-13(11)16/h2-8,12H,9H2,1H3,(H,17,18). The summed E-state index contributed by atoms with van der Waals surface area (Å²) in [5.41, 5.74) is 0.971. The van der Waals surface area contributed by atoms with Crippen LogP contribution in [0.25, 0.3) is 0 Å². The number of carboxylic acids is 1. The topological polar surface area (TPSA) is 79.6 Å². The van der Waals surface area contributed by atoms with E-state index in [0.717, 1.165) is 0 Å². The number of hydrogen-bond donors (Lipinski definition) is 1. The SMILES string of the molecule is Cn1ccc(S(=O)(=O)N2CC(C(=O)O)c3ccccc32)c1. The van der Waals surface area contributed by atoms with Crippen LogP contribution in [0.3, 0.4) is 0 Å². The van der Waals surface area contributed by atoms with Crippen LogP contribution in [-0.2, 0) is 21.9 Å². The molecule has 0 spiro atoms. The Morgan fingerprint density at radius 1 is 1.29 bits per heavy atom. The van der Waals surface area contributed by atoms with Crippen LogP contribution in [0.15, 0.2) is 47.6 Å². The van der Waals surface area contributed by atoms with E-state index in [4.69, 9.17) is 0 Å². The van der Waals surface area contributed by atoms with Crippen LogP contribution >= 0.6 is 0 Å². The molecule has 0 amide bonds. The summed E-state index contributed by atoms with van der Waals surface area (Å²) in [4.78, 5) is 11.5. The fourth-order valence-electron chi connectivity index (χ4n) is 2.57. The molecule has 6 nitrogen and oxygen atoms in total. The van der Waals surface area contributed by atoms with Crippen LogP contribution in [0.2, 0.25) is 0 Å². The van der Waals surface area contributed by atoms with Gasteiger partial charge in [-0.1, -0.05) is 18.2 Å². The second-order valence-electron chi connectivity index (χ2n) is 5.00. The van der Waals surface area contributed by atoms with Crippen LogP contribution in [0, 0.1) is 0 Å². The largest absolute Gasteiger partial charge is 0.481 e. The van der Waals surface area contributed by atoms with Crippen LogP contribution in [-0.4, -0.2) is 30.6 Å². The van der Waals surface area contributed by atoms with E-state index in [1.54, 1.807) is 42.1 Å². The molecular formula is C14H14N2O4S. The Kier molecular flexibility index (Phi) is 3.02. The molecule has 1 atom stereocenters. The Bertz CT molecular complexity index is 810. The molecule has 110 valence electrons. The number of para-hydroxylation sites is 1. The van der Waals surface area contributed by atoms with E-state index in [9.17, 15) is 18.3 Å². The maximum Gasteiger partial charge on any atom is 0.312 e. The molecule has 1 aliphatic rings. The van der Waals surface area contributed by atoms with Crippen molar-refractivity contribution in [2.75, 3.05) is 10.8 Å². The molecule has 0 radical (unpaired) electrons. The summed E-state index contributed by atoms with van der Waals surface area (Å²) in [6.45, 7) is -0.0775. The van der Waals surface area contributed by atoms with E-state index in [2.05, 4.69) is 0 Å². The first-order valence-corrected chi connectivity index (χ1v) is 7.81. The van der Waals surface area contributed by atoms with E-state index >= 15 is 0 Å². The Morgan fingerprint density at radius 2 is 2.00 bits per heavy atom. The molecule has 0 fully saturated rings. The molecule has 1 unspecified atom stereocenters. The number of benzene rings is 1. The third kappa shape index (κ3) is 2.09. The molecule has 1 N–H and O–H groups in total. The van der Waals surface area contributed by atoms with Crippen molar-refractivity contribution in [3.63, 3.8) is 0 Å². The van der Waals surface area contributed by atoms with Gasteiger partial charge in [0.15, 0.2) is 0 Å². The monoisotopic (exact) mass is 306 g/mol. The van der Waals surface area contributed by atoms with Crippen molar-refractivity contribution >= 4 is 21.7 Å². The number of aryl methyl sites for hydroxylation is 1. The fraction of sp³-hybridized carbons (Fsp3) is 0.214. The molecule has 0 saturated carbocycles. The summed E-state index contributed by atoms with van der Waals surface area (Å²) >= 11 is 0. The maximum atomic E-state index is 12.7. The molecule has 2 aromatic rings. The van der Waals surface area contributed by atoms with Crippen molar-refractivity contribution in [2.24, 2.45) is 7.05 Å². The van der Waals surface area contributed by atoms with Gasteiger partial charge in [0.1, 0.15) is 10.8 Å².